The highest BCUT2D eigenvalue weighted by Gasteiger charge is 2.28. The molecule has 6 nitrogen and oxygen atoms in total. The molecule has 0 aliphatic carbocycles. The molecular weight excluding hydrogens is 304 g/mol. The van der Waals surface area contributed by atoms with Gasteiger partial charge in [-0.2, -0.15) is 0 Å². The van der Waals surface area contributed by atoms with Crippen LogP contribution in [0.25, 0.3) is 0 Å². The third-order valence-electron chi connectivity index (χ3n) is 3.92. The number of anilines is 1. The third-order valence-corrected chi connectivity index (χ3v) is 3.92. The van der Waals surface area contributed by atoms with Gasteiger partial charge in [0.25, 0.3) is 0 Å². The molecule has 2 heterocycles. The molecule has 0 radical (unpaired) electrons. The van der Waals surface area contributed by atoms with Crippen LogP contribution in [0.5, 0.6) is 0 Å². The normalized spacial score (nSPS) is 14.2. The molecule has 23 heavy (non-hydrogen) atoms. The van der Waals surface area contributed by atoms with Gasteiger partial charge in [0.2, 0.25) is 5.91 Å². The first-order chi connectivity index (χ1) is 11.0. The third kappa shape index (κ3) is 2.80. The zero-order valence-corrected chi connectivity index (χ0v) is 13.0. The quantitative estimate of drug-likeness (QED) is 0.868. The summed E-state index contributed by atoms with van der Waals surface area (Å²) in [5.41, 5.74) is 0.297. The van der Waals surface area contributed by atoms with Crippen molar-refractivity contribution in [2.45, 2.75) is 39.2 Å². The van der Waals surface area contributed by atoms with E-state index in [1.165, 1.54) is 9.58 Å². The first kappa shape index (κ1) is 15.5. The summed E-state index contributed by atoms with van der Waals surface area (Å²) >= 11 is 0. The van der Waals surface area contributed by atoms with E-state index in [1.54, 1.807) is 0 Å². The predicted molar refractivity (Wildman–Crippen MR) is 78.9 cm³/mol. The van der Waals surface area contributed by atoms with E-state index in [0.29, 0.717) is 25.2 Å². The minimum absolute atomic E-state index is 0.0421. The maximum atomic E-state index is 14.1. The standard InChI is InChI=1S/C15H17F2N5O/c1-9(2)15-18-19-20-22(15)8-13(23)21-7-3-4-10-11(16)5-6-12(17)14(10)21/h5-6,9H,3-4,7-8H2,1-2H3. The van der Waals surface area contributed by atoms with E-state index in [9.17, 15) is 13.6 Å². The number of benzene rings is 1. The fraction of sp³-hybridized carbons (Fsp3) is 0.467. The first-order valence-corrected chi connectivity index (χ1v) is 7.52. The van der Waals surface area contributed by atoms with Gasteiger partial charge in [0.1, 0.15) is 18.2 Å². The van der Waals surface area contributed by atoms with Gasteiger partial charge < -0.3 is 4.90 Å². The van der Waals surface area contributed by atoms with Crippen LogP contribution in [0.2, 0.25) is 0 Å². The molecule has 8 heteroatoms. The van der Waals surface area contributed by atoms with Crippen molar-refractivity contribution in [3.05, 3.63) is 35.2 Å². The van der Waals surface area contributed by atoms with Gasteiger partial charge in [0.15, 0.2) is 5.82 Å². The molecule has 0 saturated carbocycles. The van der Waals surface area contributed by atoms with Crippen LogP contribution in [0.15, 0.2) is 12.1 Å². The number of halogens is 2. The minimum atomic E-state index is -0.588. The largest absolute Gasteiger partial charge is 0.308 e. The van der Waals surface area contributed by atoms with Crippen LogP contribution in [0.3, 0.4) is 0 Å². The molecule has 1 aromatic heterocycles. The van der Waals surface area contributed by atoms with E-state index in [0.717, 1.165) is 12.1 Å². The van der Waals surface area contributed by atoms with Crippen molar-refractivity contribution in [1.82, 2.24) is 20.2 Å². The number of hydrogen-bond donors (Lipinski definition) is 0. The lowest BCUT2D eigenvalue weighted by Crippen LogP contribution is -2.39. The monoisotopic (exact) mass is 321 g/mol. The Hall–Kier alpha value is -2.38. The molecular formula is C15H17F2N5O. The van der Waals surface area contributed by atoms with Crippen molar-refractivity contribution in [3.8, 4) is 0 Å². The van der Waals surface area contributed by atoms with Crippen molar-refractivity contribution < 1.29 is 13.6 Å². The van der Waals surface area contributed by atoms with E-state index in [2.05, 4.69) is 15.5 Å². The van der Waals surface area contributed by atoms with Crippen LogP contribution in [-0.4, -0.2) is 32.7 Å². The van der Waals surface area contributed by atoms with E-state index in [1.807, 2.05) is 13.8 Å². The molecule has 0 spiro atoms. The van der Waals surface area contributed by atoms with Gasteiger partial charge in [-0.1, -0.05) is 13.8 Å². The smallest absolute Gasteiger partial charge is 0.248 e. The van der Waals surface area contributed by atoms with Gasteiger partial charge in [-0.15, -0.1) is 5.10 Å². The summed E-state index contributed by atoms with van der Waals surface area (Å²) in [6.07, 6.45) is 1.01. The van der Waals surface area contributed by atoms with Gasteiger partial charge in [-0.25, -0.2) is 13.5 Å². The number of aromatic nitrogens is 4. The van der Waals surface area contributed by atoms with Crippen LogP contribution in [0.1, 0.15) is 37.6 Å². The van der Waals surface area contributed by atoms with E-state index < -0.39 is 11.6 Å². The second kappa shape index (κ2) is 6.02. The molecule has 0 atom stereocenters. The number of tetrazole rings is 1. The Morgan fingerprint density at radius 1 is 1.30 bits per heavy atom. The van der Waals surface area contributed by atoms with Gasteiger partial charge in [-0.05, 0) is 35.4 Å². The predicted octanol–water partition coefficient (Wildman–Crippen LogP) is 2.05. The van der Waals surface area contributed by atoms with E-state index >= 15 is 0 Å². The van der Waals surface area contributed by atoms with Crippen LogP contribution >= 0.6 is 0 Å². The van der Waals surface area contributed by atoms with E-state index in [-0.39, 0.29) is 29.6 Å². The fourth-order valence-corrected chi connectivity index (χ4v) is 2.84. The number of amides is 1. The maximum absolute atomic E-state index is 14.1. The summed E-state index contributed by atoms with van der Waals surface area (Å²) in [6, 6.07) is 2.15. The Bertz CT molecular complexity index is 743. The highest BCUT2D eigenvalue weighted by Crippen LogP contribution is 2.32. The SMILES string of the molecule is CC(C)c1nnnn1CC(=O)N1CCCc2c(F)ccc(F)c21. The molecule has 0 fully saturated rings. The molecule has 1 aromatic carbocycles. The maximum Gasteiger partial charge on any atom is 0.248 e. The zero-order valence-electron chi connectivity index (χ0n) is 13.0. The van der Waals surface area contributed by atoms with Gasteiger partial charge in [0, 0.05) is 18.0 Å². The van der Waals surface area contributed by atoms with Crippen molar-refractivity contribution in [1.29, 1.82) is 0 Å². The highest BCUT2D eigenvalue weighted by atomic mass is 19.1. The minimum Gasteiger partial charge on any atom is -0.308 e. The number of carbonyl (C=O) groups is 1. The number of hydrogen-bond acceptors (Lipinski definition) is 4. The Morgan fingerprint density at radius 3 is 2.78 bits per heavy atom. The summed E-state index contributed by atoms with van der Waals surface area (Å²) in [5, 5.41) is 11.3. The topological polar surface area (TPSA) is 63.9 Å². The fourth-order valence-electron chi connectivity index (χ4n) is 2.84. The number of nitrogens with zero attached hydrogens (tertiary/aromatic N) is 5. The average Bonchev–Trinajstić information content (AvgIpc) is 2.99. The van der Waals surface area contributed by atoms with Crippen LogP contribution in [-0.2, 0) is 17.8 Å². The number of carbonyl (C=O) groups excluding carboxylic acids is 1. The van der Waals surface area contributed by atoms with E-state index in [4.69, 9.17) is 0 Å². The number of rotatable bonds is 3. The lowest BCUT2D eigenvalue weighted by Gasteiger charge is -2.30. The lowest BCUT2D eigenvalue weighted by molar-refractivity contribution is -0.119. The summed E-state index contributed by atoms with van der Waals surface area (Å²) in [5.74, 6) is -0.792. The van der Waals surface area contributed by atoms with Crippen molar-refractivity contribution in [2.75, 3.05) is 11.4 Å². The number of fused-ring (bicyclic) bond motifs is 1. The summed E-state index contributed by atoms with van der Waals surface area (Å²) < 4.78 is 29.4. The highest BCUT2D eigenvalue weighted by molar-refractivity contribution is 5.94. The Labute approximate surface area is 132 Å². The van der Waals surface area contributed by atoms with Crippen LogP contribution in [0.4, 0.5) is 14.5 Å². The second-order valence-electron chi connectivity index (χ2n) is 5.85. The van der Waals surface area contributed by atoms with Gasteiger partial charge >= 0.3 is 0 Å². The molecule has 0 bridgehead atoms. The Morgan fingerprint density at radius 2 is 2.04 bits per heavy atom. The van der Waals surface area contributed by atoms with Gasteiger partial charge in [-0.3, -0.25) is 4.79 Å². The average molecular weight is 321 g/mol. The molecule has 2 aromatic rings. The molecule has 1 aliphatic rings. The molecule has 122 valence electrons. The van der Waals surface area contributed by atoms with Crippen molar-refractivity contribution in [3.63, 3.8) is 0 Å². The second-order valence-corrected chi connectivity index (χ2v) is 5.85. The summed E-state index contributed by atoms with van der Waals surface area (Å²) in [7, 11) is 0. The molecule has 1 amide bonds. The van der Waals surface area contributed by atoms with Crippen molar-refractivity contribution >= 4 is 11.6 Å². The summed E-state index contributed by atoms with van der Waals surface area (Å²) in [4.78, 5) is 13.9. The first-order valence-electron chi connectivity index (χ1n) is 7.52. The molecule has 3 rings (SSSR count). The Kier molecular flexibility index (Phi) is 4.06. The van der Waals surface area contributed by atoms with Crippen molar-refractivity contribution in [2.24, 2.45) is 0 Å². The lowest BCUT2D eigenvalue weighted by atomic mass is 10.0. The molecule has 1 aliphatic heterocycles. The Balaban J connectivity index is 1.90. The molecule has 0 unspecified atom stereocenters. The summed E-state index contributed by atoms with van der Waals surface area (Å²) in [6.45, 7) is 4.08. The zero-order chi connectivity index (χ0) is 16.6. The van der Waals surface area contributed by atoms with Gasteiger partial charge in [0.05, 0.1) is 5.69 Å². The molecule has 0 N–H and O–H groups in total. The molecule has 0 saturated heterocycles. The van der Waals surface area contributed by atoms with Crippen LogP contribution < -0.4 is 4.90 Å². The van der Waals surface area contributed by atoms with Crippen LogP contribution in [0, 0.1) is 11.6 Å².